The van der Waals surface area contributed by atoms with E-state index in [0.717, 1.165) is 46.5 Å². The van der Waals surface area contributed by atoms with Gasteiger partial charge in [0.2, 0.25) is 0 Å². The van der Waals surface area contributed by atoms with Crippen LogP contribution in [0.4, 0.5) is 11.4 Å². The molecule has 8 heteroatoms. The minimum Gasteiger partial charge on any atom is -0.490 e. The van der Waals surface area contributed by atoms with Crippen molar-refractivity contribution < 1.29 is 14.3 Å². The molecular weight excluding hydrogens is 705 g/mol. The van der Waals surface area contributed by atoms with Crippen LogP contribution in [0.5, 0.6) is 11.5 Å². The SMILES string of the molecule is CCOc1cc(/C=C2\SC(=Nc3cc4c5c(c3)[C@H](c3ccccc3)CCN5CC[C@@H]4c3ccccc3)NC2=O)cc(I)c1OCC. The van der Waals surface area contributed by atoms with Gasteiger partial charge < -0.3 is 19.7 Å². The summed E-state index contributed by atoms with van der Waals surface area (Å²) in [5, 5.41) is 3.61. The van der Waals surface area contributed by atoms with E-state index < -0.39 is 0 Å². The van der Waals surface area contributed by atoms with E-state index in [1.165, 1.54) is 39.7 Å². The van der Waals surface area contributed by atoms with Gasteiger partial charge in [0.05, 0.1) is 27.4 Å². The zero-order chi connectivity index (χ0) is 31.6. The number of amides is 1. The summed E-state index contributed by atoms with van der Waals surface area (Å²) >= 11 is 3.63. The van der Waals surface area contributed by atoms with Gasteiger partial charge in [-0.05, 0) is 119 Å². The Balaban J connectivity index is 1.27. The average molecular weight is 742 g/mol. The molecule has 0 radical (unpaired) electrons. The summed E-state index contributed by atoms with van der Waals surface area (Å²) in [4.78, 5) is 21.4. The highest BCUT2D eigenvalue weighted by Gasteiger charge is 2.35. The van der Waals surface area contributed by atoms with Crippen molar-refractivity contribution >= 4 is 62.9 Å². The molecule has 0 unspecified atom stereocenters. The number of hydrogen-bond donors (Lipinski definition) is 1. The monoisotopic (exact) mass is 741 g/mol. The van der Waals surface area contributed by atoms with Crippen LogP contribution < -0.4 is 19.7 Å². The zero-order valence-corrected chi connectivity index (χ0v) is 28.9. The molecule has 7 rings (SSSR count). The standard InChI is InChI=1S/C38H36IN3O3S/c1-3-44-33-20-24(19-32(39)36(33)45-4-2)21-34-37(43)41-38(46-34)40-27-22-30-28(25-11-7-5-8-12-25)15-17-42-18-16-29(31(23-27)35(30)42)26-13-9-6-10-14-26/h5-14,19-23,28-29H,3-4,15-18H2,1-2H3,(H,40,41,43)/b34-21-/t28-,29+. The van der Waals surface area contributed by atoms with Crippen LogP contribution in [0.1, 0.15) is 66.3 Å². The maximum Gasteiger partial charge on any atom is 0.264 e. The summed E-state index contributed by atoms with van der Waals surface area (Å²) in [6.07, 6.45) is 4.03. The van der Waals surface area contributed by atoms with Crippen LogP contribution in [0.25, 0.3) is 6.08 Å². The number of aliphatic imine (C=N–C) groups is 1. The summed E-state index contributed by atoms with van der Waals surface area (Å²) in [7, 11) is 0. The third kappa shape index (κ3) is 6.17. The molecule has 0 saturated carbocycles. The van der Waals surface area contributed by atoms with Crippen LogP contribution in [0.3, 0.4) is 0 Å². The molecule has 2 atom stereocenters. The second kappa shape index (κ2) is 13.5. The first-order valence-electron chi connectivity index (χ1n) is 15.9. The molecule has 3 aliphatic rings. The Morgan fingerprint density at radius 3 is 2.09 bits per heavy atom. The van der Waals surface area contributed by atoms with E-state index in [2.05, 4.69) is 106 Å². The molecule has 0 bridgehead atoms. The summed E-state index contributed by atoms with van der Waals surface area (Å²) in [5.41, 5.74) is 8.44. The maximum atomic E-state index is 13.2. The molecule has 0 aliphatic carbocycles. The number of halogens is 1. The van der Waals surface area contributed by atoms with Crippen LogP contribution in [-0.2, 0) is 4.79 Å². The second-order valence-corrected chi connectivity index (χ2v) is 13.8. The third-order valence-corrected chi connectivity index (χ3v) is 10.5. The van der Waals surface area contributed by atoms with Gasteiger partial charge in [0, 0.05) is 30.6 Å². The fourth-order valence-electron chi connectivity index (χ4n) is 6.87. The van der Waals surface area contributed by atoms with Gasteiger partial charge in [-0.1, -0.05) is 60.7 Å². The van der Waals surface area contributed by atoms with Crippen molar-refractivity contribution in [3.63, 3.8) is 0 Å². The Kier molecular flexibility index (Phi) is 9.08. The lowest BCUT2D eigenvalue weighted by atomic mass is 9.76. The Labute approximate surface area is 288 Å². The van der Waals surface area contributed by atoms with Gasteiger partial charge in [0.15, 0.2) is 16.7 Å². The number of carbonyl (C=O) groups is 1. The van der Waals surface area contributed by atoms with Crippen molar-refractivity contribution in [2.24, 2.45) is 4.99 Å². The molecule has 0 aromatic heterocycles. The maximum absolute atomic E-state index is 13.2. The highest BCUT2D eigenvalue weighted by molar-refractivity contribution is 14.1. The molecule has 1 N–H and O–H groups in total. The lowest BCUT2D eigenvalue weighted by molar-refractivity contribution is -0.115. The number of amidine groups is 1. The second-order valence-electron chi connectivity index (χ2n) is 11.6. The number of hydrogen-bond acceptors (Lipinski definition) is 6. The molecule has 0 spiro atoms. The number of ether oxygens (including phenoxy) is 2. The smallest absolute Gasteiger partial charge is 0.264 e. The number of benzene rings is 4. The van der Waals surface area contributed by atoms with Gasteiger partial charge in [-0.25, -0.2) is 4.99 Å². The molecule has 1 amide bonds. The van der Waals surface area contributed by atoms with Gasteiger partial charge >= 0.3 is 0 Å². The van der Waals surface area contributed by atoms with Crippen LogP contribution in [0, 0.1) is 3.57 Å². The molecule has 1 fully saturated rings. The Morgan fingerprint density at radius 2 is 1.50 bits per heavy atom. The number of carbonyl (C=O) groups excluding carboxylic acids is 1. The van der Waals surface area contributed by atoms with Crippen molar-refractivity contribution in [1.29, 1.82) is 0 Å². The topological polar surface area (TPSA) is 63.2 Å². The minimum atomic E-state index is -0.152. The van der Waals surface area contributed by atoms with Gasteiger partial charge in [0.25, 0.3) is 5.91 Å². The highest BCUT2D eigenvalue weighted by Crippen LogP contribution is 2.50. The predicted molar refractivity (Wildman–Crippen MR) is 197 cm³/mol. The van der Waals surface area contributed by atoms with E-state index in [1.54, 1.807) is 0 Å². The van der Waals surface area contributed by atoms with Gasteiger partial charge in [-0.2, -0.15) is 0 Å². The number of nitrogens with one attached hydrogen (secondary N) is 1. The normalized spacial score (nSPS) is 20.5. The summed E-state index contributed by atoms with van der Waals surface area (Å²) in [5.74, 6) is 1.85. The van der Waals surface area contributed by atoms with Crippen molar-refractivity contribution in [2.75, 3.05) is 31.2 Å². The van der Waals surface area contributed by atoms with Gasteiger partial charge in [-0.3, -0.25) is 4.79 Å². The first-order valence-corrected chi connectivity index (χ1v) is 17.8. The van der Waals surface area contributed by atoms with E-state index in [1.807, 2.05) is 32.1 Å². The first-order chi connectivity index (χ1) is 22.5. The minimum absolute atomic E-state index is 0.152. The number of thioether (sulfide) groups is 1. The van der Waals surface area contributed by atoms with Crippen molar-refractivity contribution in [1.82, 2.24) is 5.32 Å². The Morgan fingerprint density at radius 1 is 0.891 bits per heavy atom. The lowest BCUT2D eigenvalue weighted by Crippen LogP contribution is -2.37. The van der Waals surface area contributed by atoms with Crippen LogP contribution in [0.15, 0.2) is 94.8 Å². The van der Waals surface area contributed by atoms with Crippen LogP contribution in [-0.4, -0.2) is 37.4 Å². The lowest BCUT2D eigenvalue weighted by Gasteiger charge is -2.43. The fraction of sp³-hybridized carbons (Fsp3) is 0.263. The first kappa shape index (κ1) is 30.9. The molecule has 234 valence electrons. The largest absolute Gasteiger partial charge is 0.490 e. The molecule has 3 heterocycles. The molecule has 1 saturated heterocycles. The molecule has 4 aromatic rings. The molecule has 3 aliphatic heterocycles. The fourth-order valence-corrected chi connectivity index (χ4v) is 8.49. The number of rotatable bonds is 8. The number of nitrogens with zero attached hydrogens (tertiary/aromatic N) is 2. The molecule has 46 heavy (non-hydrogen) atoms. The Bertz CT molecular complexity index is 1750. The quantitative estimate of drug-likeness (QED) is 0.145. The van der Waals surface area contributed by atoms with Crippen LogP contribution in [0.2, 0.25) is 0 Å². The van der Waals surface area contributed by atoms with E-state index in [0.29, 0.717) is 40.9 Å². The zero-order valence-electron chi connectivity index (χ0n) is 26.0. The summed E-state index contributed by atoms with van der Waals surface area (Å²) in [6, 6.07) is 30.1. The van der Waals surface area contributed by atoms with Crippen molar-refractivity contribution in [3.05, 3.63) is 121 Å². The van der Waals surface area contributed by atoms with Crippen LogP contribution >= 0.6 is 34.4 Å². The average Bonchev–Trinajstić information content (AvgIpc) is 3.41. The Hall–Kier alpha value is -3.76. The third-order valence-electron chi connectivity index (χ3n) is 8.80. The predicted octanol–water partition coefficient (Wildman–Crippen LogP) is 8.86. The van der Waals surface area contributed by atoms with E-state index >= 15 is 0 Å². The summed E-state index contributed by atoms with van der Waals surface area (Å²) < 4.78 is 12.6. The van der Waals surface area contributed by atoms with Crippen molar-refractivity contribution in [2.45, 2.75) is 38.5 Å². The molecule has 6 nitrogen and oxygen atoms in total. The highest BCUT2D eigenvalue weighted by atomic mass is 127. The summed E-state index contributed by atoms with van der Waals surface area (Å²) in [6.45, 7) is 7.08. The molecular formula is C38H36IN3O3S. The van der Waals surface area contributed by atoms with E-state index in [4.69, 9.17) is 14.5 Å². The van der Waals surface area contributed by atoms with Crippen molar-refractivity contribution in [3.8, 4) is 11.5 Å². The number of anilines is 1. The van der Waals surface area contributed by atoms with E-state index in [-0.39, 0.29) is 5.91 Å². The van der Waals surface area contributed by atoms with E-state index in [9.17, 15) is 4.79 Å². The van der Waals surface area contributed by atoms with Gasteiger partial charge in [-0.15, -0.1) is 0 Å². The van der Waals surface area contributed by atoms with Gasteiger partial charge in [0.1, 0.15) is 0 Å². The molecule has 4 aromatic carbocycles.